The molecule has 0 saturated carbocycles. The van der Waals surface area contributed by atoms with Crippen LogP contribution in [0.25, 0.3) is 0 Å². The topological polar surface area (TPSA) is 29.1 Å². The van der Waals surface area contributed by atoms with Crippen LogP contribution in [-0.2, 0) is 4.79 Å². The van der Waals surface area contributed by atoms with Crippen LogP contribution in [-0.4, -0.2) is 11.9 Å². The van der Waals surface area contributed by atoms with Gasteiger partial charge in [0.05, 0.1) is 5.92 Å². The van der Waals surface area contributed by atoms with Crippen molar-refractivity contribution in [2.24, 2.45) is 5.92 Å². The fourth-order valence-corrected chi connectivity index (χ4v) is 0.995. The molecule has 0 aliphatic carbocycles. The van der Waals surface area contributed by atoms with E-state index in [1.807, 2.05) is 6.92 Å². The van der Waals surface area contributed by atoms with Gasteiger partial charge in [-0.2, -0.15) is 0 Å². The Hall–Kier alpha value is -0.970. The normalized spacial score (nSPS) is 32.2. The van der Waals surface area contributed by atoms with Crippen molar-refractivity contribution < 1.29 is 4.79 Å². The molecule has 0 spiro atoms. The summed E-state index contributed by atoms with van der Waals surface area (Å²) in [7, 11) is 0. The molecule has 2 nitrogen and oxygen atoms in total. The van der Waals surface area contributed by atoms with Crippen molar-refractivity contribution in [2.75, 3.05) is 0 Å². The predicted molar refractivity (Wildman–Crippen MR) is 34.5 cm³/mol. The van der Waals surface area contributed by atoms with E-state index < -0.39 is 0 Å². The first-order valence-corrected chi connectivity index (χ1v) is 3.06. The van der Waals surface area contributed by atoms with Gasteiger partial charge in [-0.1, -0.05) is 12.8 Å². The molecule has 0 unspecified atom stereocenters. The van der Waals surface area contributed by atoms with Crippen molar-refractivity contribution in [1.82, 2.24) is 5.32 Å². The third kappa shape index (κ3) is 0.787. The van der Waals surface area contributed by atoms with Crippen LogP contribution in [0.5, 0.6) is 0 Å². The van der Waals surface area contributed by atoms with Crippen LogP contribution in [0.3, 0.4) is 0 Å². The number of terminal acetylenes is 1. The van der Waals surface area contributed by atoms with E-state index in [4.69, 9.17) is 6.42 Å². The number of carbonyl (C=O) groups is 1. The third-order valence-corrected chi connectivity index (χ3v) is 1.66. The molecule has 1 aliphatic heterocycles. The molecule has 1 amide bonds. The summed E-state index contributed by atoms with van der Waals surface area (Å²) < 4.78 is 0. The molecule has 1 aliphatic rings. The number of β-lactam (4-membered cyclic amide) rings is 1. The first-order valence-electron chi connectivity index (χ1n) is 3.06. The average Bonchev–Trinajstić information content (AvgIpc) is 1.83. The Bertz CT molecular complexity index is 168. The van der Waals surface area contributed by atoms with Crippen molar-refractivity contribution in [3.63, 3.8) is 0 Å². The van der Waals surface area contributed by atoms with E-state index in [1.54, 1.807) is 0 Å². The minimum absolute atomic E-state index is 0.00231. The van der Waals surface area contributed by atoms with Gasteiger partial charge in [0.25, 0.3) is 0 Å². The van der Waals surface area contributed by atoms with Crippen LogP contribution in [0.2, 0.25) is 0 Å². The molecule has 0 radical (unpaired) electrons. The summed E-state index contributed by atoms with van der Waals surface area (Å²) in [4.78, 5) is 10.6. The van der Waals surface area contributed by atoms with E-state index in [0.717, 1.165) is 6.42 Å². The first kappa shape index (κ1) is 6.15. The number of rotatable bonds is 1. The zero-order valence-corrected chi connectivity index (χ0v) is 5.35. The lowest BCUT2D eigenvalue weighted by molar-refractivity contribution is -0.133. The van der Waals surface area contributed by atoms with E-state index in [0.29, 0.717) is 0 Å². The first-order chi connectivity index (χ1) is 4.29. The highest BCUT2D eigenvalue weighted by Gasteiger charge is 2.35. The van der Waals surface area contributed by atoms with Gasteiger partial charge in [-0.3, -0.25) is 4.79 Å². The van der Waals surface area contributed by atoms with Gasteiger partial charge in [0, 0.05) is 0 Å². The highest BCUT2D eigenvalue weighted by Crippen LogP contribution is 2.16. The molecule has 0 bridgehead atoms. The summed E-state index contributed by atoms with van der Waals surface area (Å²) in [5.74, 6) is 2.68. The molecular weight excluding hydrogens is 114 g/mol. The lowest BCUT2D eigenvalue weighted by Gasteiger charge is -2.31. The lowest BCUT2D eigenvalue weighted by Crippen LogP contribution is -2.56. The Labute approximate surface area is 54.6 Å². The Balaban J connectivity index is 2.50. The molecule has 1 heterocycles. The van der Waals surface area contributed by atoms with Gasteiger partial charge in [0.1, 0.15) is 6.04 Å². The highest BCUT2D eigenvalue weighted by molar-refractivity contribution is 5.86. The van der Waals surface area contributed by atoms with Gasteiger partial charge >= 0.3 is 0 Å². The zero-order valence-electron chi connectivity index (χ0n) is 5.35. The van der Waals surface area contributed by atoms with Gasteiger partial charge < -0.3 is 5.32 Å². The van der Waals surface area contributed by atoms with Crippen molar-refractivity contribution in [1.29, 1.82) is 0 Å². The van der Waals surface area contributed by atoms with Crippen LogP contribution < -0.4 is 5.32 Å². The van der Waals surface area contributed by atoms with Crippen LogP contribution in [0.1, 0.15) is 13.3 Å². The van der Waals surface area contributed by atoms with Crippen molar-refractivity contribution in [3.05, 3.63) is 0 Å². The summed E-state index contributed by atoms with van der Waals surface area (Å²) in [6.07, 6.45) is 5.95. The smallest absolute Gasteiger partial charge is 0.227 e. The molecule has 0 aromatic carbocycles. The molecular formula is C7H9NO. The van der Waals surface area contributed by atoms with Gasteiger partial charge in [0.2, 0.25) is 5.91 Å². The largest absolute Gasteiger partial charge is 0.341 e. The number of carbonyl (C=O) groups excluding carboxylic acids is 1. The van der Waals surface area contributed by atoms with E-state index in [2.05, 4.69) is 11.2 Å². The van der Waals surface area contributed by atoms with Crippen LogP contribution in [0.4, 0.5) is 0 Å². The van der Waals surface area contributed by atoms with Crippen LogP contribution >= 0.6 is 0 Å². The quantitative estimate of drug-likeness (QED) is 0.390. The fraction of sp³-hybridized carbons (Fsp3) is 0.571. The molecule has 2 atom stereocenters. The summed E-state index contributed by atoms with van der Waals surface area (Å²) in [5.41, 5.74) is 0. The maximum absolute atomic E-state index is 10.6. The molecule has 1 rings (SSSR count). The minimum atomic E-state index is 0.00231. The SMILES string of the molecule is C#C[C@H]1NC(=O)[C@@H]1CC. The van der Waals surface area contributed by atoms with E-state index in [1.165, 1.54) is 0 Å². The van der Waals surface area contributed by atoms with Gasteiger partial charge in [-0.15, -0.1) is 6.42 Å². The standard InChI is InChI=1S/C7H9NO/c1-3-5-6(4-2)8-7(5)9/h2,5-6H,3H2,1H3,(H,8,9)/t5-,6-/m1/s1. The second kappa shape index (κ2) is 2.10. The maximum Gasteiger partial charge on any atom is 0.227 e. The van der Waals surface area contributed by atoms with Crippen molar-refractivity contribution >= 4 is 5.91 Å². The lowest BCUT2D eigenvalue weighted by atomic mass is 9.89. The predicted octanol–water partition coefficient (Wildman–Crippen LogP) is 0.144. The fourth-order valence-electron chi connectivity index (χ4n) is 0.995. The summed E-state index contributed by atoms with van der Waals surface area (Å²) in [6.45, 7) is 1.97. The molecule has 9 heavy (non-hydrogen) atoms. The second-order valence-electron chi connectivity index (χ2n) is 2.17. The van der Waals surface area contributed by atoms with Gasteiger partial charge in [-0.25, -0.2) is 0 Å². The van der Waals surface area contributed by atoms with Crippen LogP contribution in [0, 0.1) is 18.3 Å². The van der Waals surface area contributed by atoms with Crippen molar-refractivity contribution in [3.8, 4) is 12.3 Å². The van der Waals surface area contributed by atoms with Crippen molar-refractivity contribution in [2.45, 2.75) is 19.4 Å². The molecule has 1 fully saturated rings. The molecule has 0 aromatic rings. The highest BCUT2D eigenvalue weighted by atomic mass is 16.2. The summed E-state index contributed by atoms with van der Waals surface area (Å²) >= 11 is 0. The molecule has 48 valence electrons. The maximum atomic E-state index is 10.6. The third-order valence-electron chi connectivity index (χ3n) is 1.66. The number of hydrogen-bond donors (Lipinski definition) is 1. The van der Waals surface area contributed by atoms with Crippen LogP contribution in [0.15, 0.2) is 0 Å². The number of nitrogens with one attached hydrogen (secondary N) is 1. The Morgan fingerprint density at radius 2 is 2.56 bits per heavy atom. The Kier molecular flexibility index (Phi) is 1.44. The zero-order chi connectivity index (χ0) is 6.85. The Morgan fingerprint density at radius 3 is 2.78 bits per heavy atom. The monoisotopic (exact) mass is 123 g/mol. The number of amides is 1. The molecule has 2 heteroatoms. The minimum Gasteiger partial charge on any atom is -0.341 e. The van der Waals surface area contributed by atoms with E-state index in [-0.39, 0.29) is 17.9 Å². The van der Waals surface area contributed by atoms with E-state index in [9.17, 15) is 4.79 Å². The molecule has 0 aromatic heterocycles. The average molecular weight is 123 g/mol. The van der Waals surface area contributed by atoms with Gasteiger partial charge in [0.15, 0.2) is 0 Å². The molecule has 1 saturated heterocycles. The Morgan fingerprint density at radius 1 is 1.89 bits per heavy atom. The summed E-state index contributed by atoms with van der Waals surface area (Å²) in [6, 6.07) is 0.00231. The second-order valence-corrected chi connectivity index (χ2v) is 2.17. The summed E-state index contributed by atoms with van der Waals surface area (Å²) in [5, 5.41) is 2.62. The number of hydrogen-bond acceptors (Lipinski definition) is 1. The molecule has 1 N–H and O–H groups in total. The van der Waals surface area contributed by atoms with Gasteiger partial charge in [-0.05, 0) is 6.42 Å². The van der Waals surface area contributed by atoms with E-state index >= 15 is 0 Å².